The number of ether oxygens (including phenoxy) is 2. The van der Waals surface area contributed by atoms with Crippen LogP contribution in [0.25, 0.3) is 6.08 Å². The zero-order valence-corrected chi connectivity index (χ0v) is 22.6. The molecular formula is C35H27NO5. The van der Waals surface area contributed by atoms with Crippen molar-refractivity contribution in [1.29, 1.82) is 0 Å². The monoisotopic (exact) mass is 541 g/mol. The number of rotatable bonds is 5. The minimum absolute atomic E-state index is 0.177. The Balaban J connectivity index is 1.59. The van der Waals surface area contributed by atoms with Crippen LogP contribution >= 0.6 is 0 Å². The fourth-order valence-electron chi connectivity index (χ4n) is 7.19. The van der Waals surface area contributed by atoms with E-state index >= 15 is 0 Å². The van der Waals surface area contributed by atoms with Crippen LogP contribution in [0.2, 0.25) is 0 Å². The zero-order chi connectivity index (χ0) is 28.3. The summed E-state index contributed by atoms with van der Waals surface area (Å²) in [6.45, 7) is 0. The van der Waals surface area contributed by atoms with Crippen LogP contribution in [0.4, 0.5) is 5.69 Å². The van der Waals surface area contributed by atoms with E-state index in [4.69, 9.17) is 9.47 Å². The molecule has 1 spiro atoms. The van der Waals surface area contributed by atoms with Gasteiger partial charge in [0.1, 0.15) is 11.5 Å². The van der Waals surface area contributed by atoms with E-state index in [0.717, 1.165) is 11.3 Å². The number of hydrogen-bond acceptors (Lipinski definition) is 6. The third kappa shape index (κ3) is 3.27. The van der Waals surface area contributed by atoms with E-state index in [9.17, 15) is 14.4 Å². The summed E-state index contributed by atoms with van der Waals surface area (Å²) in [5, 5.41) is 0. The van der Waals surface area contributed by atoms with Crippen molar-refractivity contribution >= 4 is 29.1 Å². The van der Waals surface area contributed by atoms with Crippen LogP contribution in [0, 0.1) is 5.41 Å². The highest BCUT2D eigenvalue weighted by atomic mass is 16.5. The summed E-state index contributed by atoms with van der Waals surface area (Å²) in [6.07, 6.45) is 3.87. The predicted molar refractivity (Wildman–Crippen MR) is 156 cm³/mol. The molecule has 0 bridgehead atoms. The van der Waals surface area contributed by atoms with E-state index in [1.54, 1.807) is 49.6 Å². The van der Waals surface area contributed by atoms with Gasteiger partial charge in [0.05, 0.1) is 20.3 Å². The molecule has 1 saturated heterocycles. The third-order valence-electron chi connectivity index (χ3n) is 8.81. The molecule has 6 heteroatoms. The maximum absolute atomic E-state index is 14.8. The molecule has 0 saturated carbocycles. The molecule has 0 N–H and O–H groups in total. The number of carbonyl (C=O) groups excluding carboxylic acids is 3. The minimum Gasteiger partial charge on any atom is -0.493 e. The maximum Gasteiger partial charge on any atom is 0.185 e. The van der Waals surface area contributed by atoms with E-state index in [1.165, 1.54) is 7.11 Å². The highest BCUT2D eigenvalue weighted by Gasteiger charge is 2.72. The summed E-state index contributed by atoms with van der Waals surface area (Å²) in [4.78, 5) is 46.3. The summed E-state index contributed by atoms with van der Waals surface area (Å²) in [6, 6.07) is 27.6. The minimum atomic E-state index is -1.61. The fourth-order valence-corrected chi connectivity index (χ4v) is 7.19. The van der Waals surface area contributed by atoms with Crippen LogP contribution in [-0.4, -0.2) is 43.7 Å². The van der Waals surface area contributed by atoms with Gasteiger partial charge < -0.3 is 14.4 Å². The second kappa shape index (κ2) is 9.30. The topological polar surface area (TPSA) is 72.9 Å². The van der Waals surface area contributed by atoms with E-state index < -0.39 is 23.4 Å². The van der Waals surface area contributed by atoms with Gasteiger partial charge in [-0.15, -0.1) is 0 Å². The summed E-state index contributed by atoms with van der Waals surface area (Å²) >= 11 is 0. The Kier molecular flexibility index (Phi) is 5.68. The Morgan fingerprint density at radius 3 is 2.10 bits per heavy atom. The molecule has 2 heterocycles. The van der Waals surface area contributed by atoms with E-state index in [1.807, 2.05) is 71.6 Å². The van der Waals surface area contributed by atoms with Gasteiger partial charge in [0, 0.05) is 33.9 Å². The van der Waals surface area contributed by atoms with Crippen molar-refractivity contribution in [2.75, 3.05) is 19.1 Å². The first-order chi connectivity index (χ1) is 20.0. The van der Waals surface area contributed by atoms with Crippen molar-refractivity contribution in [1.82, 2.24) is 0 Å². The quantitative estimate of drug-likeness (QED) is 0.227. The summed E-state index contributed by atoms with van der Waals surface area (Å²) in [5.74, 6) is -0.760. The van der Waals surface area contributed by atoms with Gasteiger partial charge in [0.15, 0.2) is 28.8 Å². The van der Waals surface area contributed by atoms with E-state index in [-0.39, 0.29) is 17.3 Å². The molecule has 0 aromatic heterocycles. The fraction of sp³-hybridized carbons (Fsp3) is 0.171. The van der Waals surface area contributed by atoms with Crippen LogP contribution < -0.4 is 14.4 Å². The molecule has 41 heavy (non-hydrogen) atoms. The normalized spacial score (nSPS) is 21.4. The number of para-hydroxylation sites is 2. The molecule has 0 amide bonds. The number of ketones is 3. The second-order valence-electron chi connectivity index (χ2n) is 10.6. The van der Waals surface area contributed by atoms with Gasteiger partial charge in [-0.25, -0.2) is 0 Å². The van der Waals surface area contributed by atoms with Crippen molar-refractivity contribution in [2.45, 2.75) is 18.0 Å². The molecule has 4 aromatic carbocycles. The van der Waals surface area contributed by atoms with Crippen molar-refractivity contribution in [3.63, 3.8) is 0 Å². The molecule has 202 valence electrons. The summed E-state index contributed by atoms with van der Waals surface area (Å²) in [5.41, 5.74) is 1.95. The van der Waals surface area contributed by atoms with Gasteiger partial charge in [0.2, 0.25) is 0 Å². The lowest BCUT2D eigenvalue weighted by molar-refractivity contribution is 0.0664. The number of nitrogens with zero attached hydrogens (tertiary/aromatic N) is 1. The average molecular weight is 542 g/mol. The first-order valence-corrected chi connectivity index (χ1v) is 13.6. The molecule has 3 aliphatic rings. The van der Waals surface area contributed by atoms with Gasteiger partial charge in [-0.05, 0) is 17.7 Å². The van der Waals surface area contributed by atoms with Crippen LogP contribution in [0.5, 0.6) is 11.5 Å². The van der Waals surface area contributed by atoms with Crippen molar-refractivity contribution in [3.8, 4) is 11.5 Å². The van der Waals surface area contributed by atoms with Crippen LogP contribution in [0.1, 0.15) is 48.1 Å². The standard InChI is InChI=1S/C35H27NO5/c1-40-27-18-10-16-25(32(27)41-2)29-30(31(37)22-12-4-3-5-13-22)36-26-17-9-6-11-21(26)19-20-28(36)35(29)33(38)23-14-7-8-15-24(23)34(35)39/h3-20,28-30H,1-2H3/t28-,29-,30-/m1/s1. The van der Waals surface area contributed by atoms with Crippen molar-refractivity contribution < 1.29 is 23.9 Å². The number of anilines is 1. The molecule has 2 aliphatic heterocycles. The average Bonchev–Trinajstić information content (AvgIpc) is 3.46. The Morgan fingerprint density at radius 1 is 0.756 bits per heavy atom. The predicted octanol–water partition coefficient (Wildman–Crippen LogP) is 6.02. The Morgan fingerprint density at radius 2 is 1.41 bits per heavy atom. The first-order valence-electron chi connectivity index (χ1n) is 13.6. The second-order valence-corrected chi connectivity index (χ2v) is 10.6. The largest absolute Gasteiger partial charge is 0.493 e. The first kappa shape index (κ1) is 25.0. The molecule has 7 rings (SSSR count). The number of carbonyl (C=O) groups is 3. The third-order valence-corrected chi connectivity index (χ3v) is 8.81. The maximum atomic E-state index is 14.8. The molecule has 6 nitrogen and oxygen atoms in total. The molecule has 0 radical (unpaired) electrons. The highest BCUT2D eigenvalue weighted by Crippen LogP contribution is 2.62. The SMILES string of the molecule is COc1cccc([C@@H]2[C@H](C(=O)c3ccccc3)N3c4ccccc4C=C[C@@H]3C23C(=O)c2ccccc2C3=O)c1OC. The number of fused-ring (bicyclic) bond motifs is 5. The lowest BCUT2D eigenvalue weighted by Gasteiger charge is -2.37. The van der Waals surface area contributed by atoms with Gasteiger partial charge in [-0.2, -0.15) is 0 Å². The molecule has 3 atom stereocenters. The molecular weight excluding hydrogens is 514 g/mol. The Labute approximate surface area is 237 Å². The smallest absolute Gasteiger partial charge is 0.185 e. The van der Waals surface area contributed by atoms with Gasteiger partial charge in [-0.3, -0.25) is 14.4 Å². The Hall–Kier alpha value is -4.97. The lowest BCUT2D eigenvalue weighted by atomic mass is 9.64. The number of Topliss-reactive ketones (excluding diaryl/α,β-unsaturated/α-hetero) is 3. The lowest BCUT2D eigenvalue weighted by Crippen LogP contribution is -2.48. The zero-order valence-electron chi connectivity index (χ0n) is 22.6. The van der Waals surface area contributed by atoms with Crippen LogP contribution in [0.3, 0.4) is 0 Å². The summed E-state index contributed by atoms with van der Waals surface area (Å²) in [7, 11) is 3.08. The summed E-state index contributed by atoms with van der Waals surface area (Å²) < 4.78 is 11.5. The van der Waals surface area contributed by atoms with E-state index in [2.05, 4.69) is 0 Å². The van der Waals surface area contributed by atoms with Gasteiger partial charge in [0.25, 0.3) is 0 Å². The van der Waals surface area contributed by atoms with Gasteiger partial charge >= 0.3 is 0 Å². The van der Waals surface area contributed by atoms with Crippen LogP contribution in [0.15, 0.2) is 103 Å². The molecule has 1 aliphatic carbocycles. The highest BCUT2D eigenvalue weighted by molar-refractivity contribution is 6.32. The molecule has 0 unspecified atom stereocenters. The Bertz CT molecular complexity index is 1720. The molecule has 4 aromatic rings. The molecule has 1 fully saturated rings. The van der Waals surface area contributed by atoms with Crippen molar-refractivity contribution in [2.24, 2.45) is 5.41 Å². The number of benzene rings is 4. The van der Waals surface area contributed by atoms with Crippen molar-refractivity contribution in [3.05, 3.63) is 131 Å². The van der Waals surface area contributed by atoms with E-state index in [0.29, 0.717) is 33.8 Å². The number of methoxy groups -OCH3 is 2. The van der Waals surface area contributed by atoms with Gasteiger partial charge in [-0.1, -0.05) is 97.1 Å². The van der Waals surface area contributed by atoms with Crippen LogP contribution in [-0.2, 0) is 0 Å². The number of hydrogen-bond donors (Lipinski definition) is 0.